The van der Waals surface area contributed by atoms with Crippen LogP contribution in [0.4, 0.5) is 5.69 Å². The Kier molecular flexibility index (Phi) is 4.13. The number of aromatic amines is 1. The second-order valence-electron chi connectivity index (χ2n) is 6.83. The topological polar surface area (TPSA) is 59.9 Å². The number of nitriles is 1. The number of aryl methyl sites for hydroxylation is 2. The normalized spacial score (nSPS) is 14.5. The molecule has 1 aliphatic rings. The van der Waals surface area contributed by atoms with Gasteiger partial charge >= 0.3 is 0 Å². The summed E-state index contributed by atoms with van der Waals surface area (Å²) in [6.45, 7) is 4.48. The number of H-pyrrole nitrogens is 1. The number of hydrogen-bond acceptors (Lipinski definition) is 2. The molecule has 0 bridgehead atoms. The van der Waals surface area contributed by atoms with Gasteiger partial charge in [-0.2, -0.15) is 5.26 Å². The van der Waals surface area contributed by atoms with E-state index in [1.807, 2.05) is 62.4 Å². The van der Waals surface area contributed by atoms with Crippen LogP contribution in [0.3, 0.4) is 0 Å². The van der Waals surface area contributed by atoms with E-state index >= 15 is 0 Å². The van der Waals surface area contributed by atoms with E-state index in [1.54, 1.807) is 11.0 Å². The molecule has 2 aromatic carbocycles. The first-order valence-electron chi connectivity index (χ1n) is 8.85. The molecule has 4 rings (SSSR count). The van der Waals surface area contributed by atoms with E-state index < -0.39 is 0 Å². The minimum absolute atomic E-state index is 0.0230. The summed E-state index contributed by atoms with van der Waals surface area (Å²) in [7, 11) is 0. The van der Waals surface area contributed by atoms with Crippen molar-refractivity contribution in [1.29, 1.82) is 5.26 Å². The van der Waals surface area contributed by atoms with Gasteiger partial charge in [0.15, 0.2) is 0 Å². The van der Waals surface area contributed by atoms with Crippen molar-refractivity contribution in [3.05, 3.63) is 88.2 Å². The summed E-state index contributed by atoms with van der Waals surface area (Å²) in [5, 5.41) is 9.12. The van der Waals surface area contributed by atoms with Crippen LogP contribution in [0, 0.1) is 25.2 Å². The van der Waals surface area contributed by atoms with Crippen molar-refractivity contribution < 1.29 is 4.79 Å². The summed E-state index contributed by atoms with van der Waals surface area (Å²) in [5.41, 5.74) is 7.20. The second-order valence-corrected chi connectivity index (χ2v) is 6.83. The number of rotatable bonds is 3. The Morgan fingerprint density at radius 2 is 1.93 bits per heavy atom. The molecule has 0 saturated carbocycles. The smallest absolute Gasteiger partial charge is 0.259 e. The van der Waals surface area contributed by atoms with Gasteiger partial charge in [-0.25, -0.2) is 0 Å². The quantitative estimate of drug-likeness (QED) is 0.700. The van der Waals surface area contributed by atoms with E-state index in [2.05, 4.69) is 17.1 Å². The van der Waals surface area contributed by atoms with Crippen LogP contribution in [0.5, 0.6) is 0 Å². The molecule has 0 saturated heterocycles. The zero-order valence-electron chi connectivity index (χ0n) is 15.3. The van der Waals surface area contributed by atoms with Crippen LogP contribution in [-0.2, 0) is 11.3 Å². The molecular weight excluding hydrogens is 334 g/mol. The largest absolute Gasteiger partial charge is 0.359 e. The lowest BCUT2D eigenvalue weighted by Gasteiger charge is -2.17. The van der Waals surface area contributed by atoms with Gasteiger partial charge in [0, 0.05) is 17.0 Å². The highest BCUT2D eigenvalue weighted by Gasteiger charge is 2.32. The molecule has 2 heterocycles. The molecule has 4 nitrogen and oxygen atoms in total. The maximum absolute atomic E-state index is 13.2. The fourth-order valence-corrected chi connectivity index (χ4v) is 3.57. The Hall–Kier alpha value is -3.58. The molecule has 0 fully saturated rings. The first kappa shape index (κ1) is 16.9. The monoisotopic (exact) mass is 353 g/mol. The Morgan fingerprint density at radius 3 is 2.67 bits per heavy atom. The molecule has 27 heavy (non-hydrogen) atoms. The van der Waals surface area contributed by atoms with E-state index in [0.717, 1.165) is 33.8 Å². The molecule has 4 heteroatoms. The number of anilines is 1. The molecule has 1 aliphatic heterocycles. The number of nitrogens with one attached hydrogen (secondary N) is 1. The van der Waals surface area contributed by atoms with Gasteiger partial charge < -0.3 is 9.88 Å². The molecule has 0 radical (unpaired) electrons. The molecule has 132 valence electrons. The molecule has 3 aromatic rings. The van der Waals surface area contributed by atoms with Crippen molar-refractivity contribution in [2.24, 2.45) is 0 Å². The van der Waals surface area contributed by atoms with Crippen LogP contribution in [0.15, 0.2) is 54.6 Å². The highest BCUT2D eigenvalue weighted by Crippen LogP contribution is 2.38. The van der Waals surface area contributed by atoms with Gasteiger partial charge in [0.05, 0.1) is 29.4 Å². The van der Waals surface area contributed by atoms with Crippen molar-refractivity contribution >= 4 is 23.2 Å². The summed E-state index contributed by atoms with van der Waals surface area (Å²) in [6.07, 6.45) is 1.94. The first-order valence-corrected chi connectivity index (χ1v) is 8.85. The van der Waals surface area contributed by atoms with Crippen LogP contribution in [0.2, 0.25) is 0 Å². The highest BCUT2D eigenvalue weighted by molar-refractivity contribution is 6.35. The zero-order chi connectivity index (χ0) is 19.0. The fraction of sp³-hybridized carbons (Fsp3) is 0.130. The van der Waals surface area contributed by atoms with Gasteiger partial charge in [0.25, 0.3) is 5.91 Å². The van der Waals surface area contributed by atoms with E-state index in [0.29, 0.717) is 17.7 Å². The summed E-state index contributed by atoms with van der Waals surface area (Å²) in [6, 6.07) is 19.5. The summed E-state index contributed by atoms with van der Waals surface area (Å²) >= 11 is 0. The van der Waals surface area contributed by atoms with Crippen LogP contribution in [0.1, 0.15) is 33.6 Å². The number of hydrogen-bond donors (Lipinski definition) is 1. The van der Waals surface area contributed by atoms with E-state index in [4.69, 9.17) is 5.26 Å². The molecule has 1 N–H and O–H groups in total. The number of nitrogens with zero attached hydrogens (tertiary/aromatic N) is 2. The average molecular weight is 353 g/mol. The lowest BCUT2D eigenvalue weighted by atomic mass is 10.1. The van der Waals surface area contributed by atoms with Crippen LogP contribution in [0.25, 0.3) is 11.6 Å². The summed E-state index contributed by atoms with van der Waals surface area (Å²) in [5.74, 6) is -0.0230. The fourth-order valence-electron chi connectivity index (χ4n) is 3.57. The summed E-state index contributed by atoms with van der Waals surface area (Å²) in [4.78, 5) is 18.3. The third kappa shape index (κ3) is 3.04. The molecule has 1 aromatic heterocycles. The number of para-hydroxylation sites is 1. The Bertz CT molecular complexity index is 1110. The first-order chi connectivity index (χ1) is 13.1. The molecule has 0 atom stereocenters. The van der Waals surface area contributed by atoms with Crippen LogP contribution in [-0.4, -0.2) is 10.9 Å². The maximum Gasteiger partial charge on any atom is 0.259 e. The SMILES string of the molecule is Cc1cc(C)c(C=C2C(=O)N(Cc3cccc(C#N)c3)c3ccccc32)[nH]1. The van der Waals surface area contributed by atoms with E-state index in [-0.39, 0.29) is 5.91 Å². The molecule has 0 spiro atoms. The van der Waals surface area contributed by atoms with E-state index in [1.165, 1.54) is 0 Å². The number of aromatic nitrogens is 1. The molecule has 0 unspecified atom stereocenters. The van der Waals surface area contributed by atoms with Gasteiger partial charge in [-0.05, 0) is 55.3 Å². The van der Waals surface area contributed by atoms with Gasteiger partial charge in [-0.3, -0.25) is 4.79 Å². The zero-order valence-corrected chi connectivity index (χ0v) is 15.3. The predicted molar refractivity (Wildman–Crippen MR) is 107 cm³/mol. The Labute approximate surface area is 158 Å². The number of carbonyl (C=O) groups is 1. The van der Waals surface area contributed by atoms with Crippen molar-refractivity contribution in [1.82, 2.24) is 4.98 Å². The number of fused-ring (bicyclic) bond motifs is 1. The maximum atomic E-state index is 13.2. The number of benzene rings is 2. The lowest BCUT2D eigenvalue weighted by Crippen LogP contribution is -2.25. The predicted octanol–water partition coefficient (Wildman–Crippen LogP) is 4.59. The second kappa shape index (κ2) is 6.62. The molecule has 0 aliphatic carbocycles. The van der Waals surface area contributed by atoms with Crippen LogP contribution >= 0.6 is 0 Å². The minimum atomic E-state index is -0.0230. The highest BCUT2D eigenvalue weighted by atomic mass is 16.2. The van der Waals surface area contributed by atoms with Gasteiger partial charge in [-0.1, -0.05) is 30.3 Å². The standard InChI is InChI=1S/C23H19N3O/c1-15-10-16(2)25-21(15)12-20-19-8-3-4-9-22(19)26(23(20)27)14-18-7-5-6-17(11-18)13-24/h3-12,25H,14H2,1-2H3. The average Bonchev–Trinajstić information content (AvgIpc) is 3.13. The molecule has 1 amide bonds. The van der Waals surface area contributed by atoms with Gasteiger partial charge in [0.1, 0.15) is 0 Å². The number of amides is 1. The number of carbonyl (C=O) groups excluding carboxylic acids is 1. The Morgan fingerprint density at radius 1 is 1.11 bits per heavy atom. The minimum Gasteiger partial charge on any atom is -0.359 e. The van der Waals surface area contributed by atoms with Crippen molar-refractivity contribution in [3.8, 4) is 6.07 Å². The Balaban J connectivity index is 1.76. The lowest BCUT2D eigenvalue weighted by molar-refractivity contribution is -0.113. The summed E-state index contributed by atoms with van der Waals surface area (Å²) < 4.78 is 0. The van der Waals surface area contributed by atoms with Gasteiger partial charge in [-0.15, -0.1) is 0 Å². The molecular formula is C23H19N3O. The van der Waals surface area contributed by atoms with Crippen LogP contribution < -0.4 is 4.90 Å². The van der Waals surface area contributed by atoms with Crippen molar-refractivity contribution in [3.63, 3.8) is 0 Å². The third-order valence-corrected chi connectivity index (χ3v) is 4.84. The third-order valence-electron chi connectivity index (χ3n) is 4.84. The van der Waals surface area contributed by atoms with Gasteiger partial charge in [0.2, 0.25) is 0 Å². The van der Waals surface area contributed by atoms with Crippen molar-refractivity contribution in [2.75, 3.05) is 4.90 Å². The van der Waals surface area contributed by atoms with Crippen molar-refractivity contribution in [2.45, 2.75) is 20.4 Å². The van der Waals surface area contributed by atoms with E-state index in [9.17, 15) is 4.79 Å².